The van der Waals surface area contributed by atoms with E-state index in [4.69, 9.17) is 0 Å². The van der Waals surface area contributed by atoms with Crippen molar-refractivity contribution in [1.29, 1.82) is 0 Å². The lowest BCUT2D eigenvalue weighted by molar-refractivity contribution is 0.412. The number of nitrogens with one attached hydrogen (secondary N) is 1. The largest absolute Gasteiger partial charge is 0.346 e. The lowest BCUT2D eigenvalue weighted by Crippen LogP contribution is -2.08. The number of aromatic nitrogens is 2. The van der Waals surface area contributed by atoms with Gasteiger partial charge in [-0.25, -0.2) is 4.98 Å². The zero-order valence-electron chi connectivity index (χ0n) is 8.96. The van der Waals surface area contributed by atoms with Crippen LogP contribution in [0.25, 0.3) is 11.0 Å². The molecule has 0 aromatic carbocycles. The minimum atomic E-state index is 0.324. The van der Waals surface area contributed by atoms with E-state index in [9.17, 15) is 0 Å². The summed E-state index contributed by atoms with van der Waals surface area (Å²) < 4.78 is 0. The normalized spacial score (nSPS) is 12.2. The molecule has 2 rings (SSSR count). The maximum absolute atomic E-state index is 4.28. The van der Waals surface area contributed by atoms with Gasteiger partial charge in [-0.1, -0.05) is 20.8 Å². The molecule has 14 heavy (non-hydrogen) atoms. The third-order valence-corrected chi connectivity index (χ3v) is 2.26. The van der Waals surface area contributed by atoms with Crippen molar-refractivity contribution >= 4 is 11.0 Å². The molecular weight excluding hydrogens is 172 g/mol. The van der Waals surface area contributed by atoms with Crippen molar-refractivity contribution < 1.29 is 0 Å². The summed E-state index contributed by atoms with van der Waals surface area (Å²) in [6.45, 7) is 6.76. The fourth-order valence-electron chi connectivity index (χ4n) is 1.73. The van der Waals surface area contributed by atoms with E-state index in [1.54, 1.807) is 0 Å². The Bertz CT molecular complexity index is 435. The third-order valence-electron chi connectivity index (χ3n) is 2.26. The summed E-state index contributed by atoms with van der Waals surface area (Å²) in [6, 6.07) is 4.11. The molecule has 2 aromatic heterocycles. The summed E-state index contributed by atoms with van der Waals surface area (Å²) in [5, 5.41) is 1.25. The Hall–Kier alpha value is -1.31. The zero-order valence-corrected chi connectivity index (χ0v) is 8.96. The molecule has 0 atom stereocenters. The molecule has 1 N–H and O–H groups in total. The molecule has 0 unspecified atom stereocenters. The van der Waals surface area contributed by atoms with Crippen LogP contribution >= 0.6 is 0 Å². The Morgan fingerprint density at radius 2 is 2.14 bits per heavy atom. The molecule has 0 amide bonds. The molecule has 0 fully saturated rings. The SMILES string of the molecule is CC(C)(C)Cc1c[nH]c2ncccc12. The van der Waals surface area contributed by atoms with Crippen LogP contribution in [0.1, 0.15) is 26.3 Å². The minimum Gasteiger partial charge on any atom is -0.346 e. The summed E-state index contributed by atoms with van der Waals surface area (Å²) in [6.07, 6.45) is 4.97. The predicted molar refractivity (Wildman–Crippen MR) is 59.3 cm³/mol. The highest BCUT2D eigenvalue weighted by atomic mass is 14.8. The van der Waals surface area contributed by atoms with Crippen molar-refractivity contribution in [2.45, 2.75) is 27.2 Å². The highest BCUT2D eigenvalue weighted by molar-refractivity contribution is 5.79. The number of fused-ring (bicyclic) bond motifs is 1. The highest BCUT2D eigenvalue weighted by Gasteiger charge is 2.14. The van der Waals surface area contributed by atoms with E-state index in [2.05, 4.69) is 43.0 Å². The van der Waals surface area contributed by atoms with Gasteiger partial charge in [-0.3, -0.25) is 0 Å². The molecule has 0 radical (unpaired) electrons. The van der Waals surface area contributed by atoms with Crippen LogP contribution in [0.2, 0.25) is 0 Å². The summed E-state index contributed by atoms with van der Waals surface area (Å²) in [7, 11) is 0. The molecule has 0 aliphatic rings. The first kappa shape index (κ1) is 9.25. The predicted octanol–water partition coefficient (Wildman–Crippen LogP) is 3.15. The Labute approximate surface area is 84.4 Å². The van der Waals surface area contributed by atoms with Crippen LogP contribution in [0.15, 0.2) is 24.5 Å². The molecule has 2 heteroatoms. The number of pyridine rings is 1. The van der Waals surface area contributed by atoms with Crippen LogP contribution in [0.3, 0.4) is 0 Å². The molecule has 2 nitrogen and oxygen atoms in total. The van der Waals surface area contributed by atoms with Gasteiger partial charge >= 0.3 is 0 Å². The Kier molecular flexibility index (Phi) is 2.06. The first-order valence-corrected chi connectivity index (χ1v) is 4.97. The number of hydrogen-bond acceptors (Lipinski definition) is 1. The second-order valence-corrected chi connectivity index (χ2v) is 4.95. The summed E-state index contributed by atoms with van der Waals surface area (Å²) in [4.78, 5) is 7.48. The maximum Gasteiger partial charge on any atom is 0.137 e. The van der Waals surface area contributed by atoms with Crippen LogP contribution in [-0.4, -0.2) is 9.97 Å². The van der Waals surface area contributed by atoms with Gasteiger partial charge in [-0.2, -0.15) is 0 Å². The summed E-state index contributed by atoms with van der Waals surface area (Å²) >= 11 is 0. The van der Waals surface area contributed by atoms with E-state index in [-0.39, 0.29) is 0 Å². The van der Waals surface area contributed by atoms with Crippen LogP contribution in [0, 0.1) is 5.41 Å². The fraction of sp³-hybridized carbons (Fsp3) is 0.417. The van der Waals surface area contributed by atoms with E-state index < -0.39 is 0 Å². The maximum atomic E-state index is 4.28. The molecular formula is C12H16N2. The summed E-state index contributed by atoms with van der Waals surface area (Å²) in [5.74, 6) is 0. The Morgan fingerprint density at radius 1 is 1.36 bits per heavy atom. The average Bonchev–Trinajstić information content (AvgIpc) is 2.47. The summed E-state index contributed by atoms with van der Waals surface area (Å²) in [5.41, 5.74) is 2.68. The van der Waals surface area contributed by atoms with Crippen molar-refractivity contribution in [2.24, 2.45) is 5.41 Å². The van der Waals surface area contributed by atoms with Gasteiger partial charge in [0.1, 0.15) is 5.65 Å². The van der Waals surface area contributed by atoms with Crippen LogP contribution in [-0.2, 0) is 6.42 Å². The fourth-order valence-corrected chi connectivity index (χ4v) is 1.73. The van der Waals surface area contributed by atoms with E-state index in [0.29, 0.717) is 5.41 Å². The van der Waals surface area contributed by atoms with Gasteiger partial charge in [0.05, 0.1) is 0 Å². The van der Waals surface area contributed by atoms with Gasteiger partial charge in [0, 0.05) is 17.8 Å². The number of nitrogens with zero attached hydrogens (tertiary/aromatic N) is 1. The van der Waals surface area contributed by atoms with E-state index in [1.807, 2.05) is 12.3 Å². The van der Waals surface area contributed by atoms with Gasteiger partial charge in [0.2, 0.25) is 0 Å². The molecule has 2 aromatic rings. The lowest BCUT2D eigenvalue weighted by Gasteiger charge is -2.17. The van der Waals surface area contributed by atoms with Crippen LogP contribution < -0.4 is 0 Å². The van der Waals surface area contributed by atoms with Gasteiger partial charge in [-0.05, 0) is 29.5 Å². The number of hydrogen-bond donors (Lipinski definition) is 1. The first-order valence-electron chi connectivity index (χ1n) is 4.97. The number of H-pyrrole nitrogens is 1. The lowest BCUT2D eigenvalue weighted by atomic mass is 9.88. The number of aromatic amines is 1. The van der Waals surface area contributed by atoms with Crippen molar-refractivity contribution in [3.63, 3.8) is 0 Å². The number of rotatable bonds is 1. The second kappa shape index (κ2) is 3.12. The zero-order chi connectivity index (χ0) is 10.2. The van der Waals surface area contributed by atoms with Gasteiger partial charge in [0.25, 0.3) is 0 Å². The van der Waals surface area contributed by atoms with E-state index in [1.165, 1.54) is 10.9 Å². The van der Waals surface area contributed by atoms with Crippen LogP contribution in [0.4, 0.5) is 0 Å². The molecule has 0 aliphatic carbocycles. The van der Waals surface area contributed by atoms with Crippen molar-refractivity contribution in [1.82, 2.24) is 9.97 Å². The molecule has 0 aliphatic heterocycles. The molecule has 2 heterocycles. The first-order chi connectivity index (χ1) is 6.56. The molecule has 0 bridgehead atoms. The van der Waals surface area contributed by atoms with Gasteiger partial charge in [-0.15, -0.1) is 0 Å². The van der Waals surface area contributed by atoms with Crippen molar-refractivity contribution in [3.8, 4) is 0 Å². The van der Waals surface area contributed by atoms with Crippen molar-refractivity contribution in [2.75, 3.05) is 0 Å². The van der Waals surface area contributed by atoms with E-state index >= 15 is 0 Å². The standard InChI is InChI=1S/C12H16N2/c1-12(2,3)7-9-8-14-11-10(9)5-4-6-13-11/h4-6,8H,7H2,1-3H3,(H,13,14). The monoisotopic (exact) mass is 188 g/mol. The van der Waals surface area contributed by atoms with E-state index in [0.717, 1.165) is 12.1 Å². The molecule has 0 saturated heterocycles. The Balaban J connectivity index is 2.44. The highest BCUT2D eigenvalue weighted by Crippen LogP contribution is 2.25. The molecule has 0 spiro atoms. The average molecular weight is 188 g/mol. The van der Waals surface area contributed by atoms with Gasteiger partial charge < -0.3 is 4.98 Å². The Morgan fingerprint density at radius 3 is 2.86 bits per heavy atom. The smallest absolute Gasteiger partial charge is 0.137 e. The molecule has 74 valence electrons. The van der Waals surface area contributed by atoms with Crippen LogP contribution in [0.5, 0.6) is 0 Å². The molecule has 0 saturated carbocycles. The third kappa shape index (κ3) is 1.79. The van der Waals surface area contributed by atoms with Crippen molar-refractivity contribution in [3.05, 3.63) is 30.1 Å². The quantitative estimate of drug-likeness (QED) is 0.731. The minimum absolute atomic E-state index is 0.324. The topological polar surface area (TPSA) is 28.7 Å². The second-order valence-electron chi connectivity index (χ2n) is 4.95. The van der Waals surface area contributed by atoms with Gasteiger partial charge in [0.15, 0.2) is 0 Å².